The minimum absolute atomic E-state index is 0.223. The average molecular weight is 302 g/mol. The predicted octanol–water partition coefficient (Wildman–Crippen LogP) is 2.76. The molecular weight excluding hydrogens is 284 g/mol. The number of benzene rings is 1. The van der Waals surface area contributed by atoms with Gasteiger partial charge in [0.25, 0.3) is 0 Å². The van der Waals surface area contributed by atoms with Crippen molar-refractivity contribution in [3.8, 4) is 11.5 Å². The highest BCUT2D eigenvalue weighted by molar-refractivity contribution is 6.00. The molecule has 0 saturated heterocycles. The zero-order valence-corrected chi connectivity index (χ0v) is 13.0. The van der Waals surface area contributed by atoms with Gasteiger partial charge in [-0.2, -0.15) is 5.10 Å². The van der Waals surface area contributed by atoms with Gasteiger partial charge in [-0.15, -0.1) is 0 Å². The van der Waals surface area contributed by atoms with E-state index in [9.17, 15) is 4.79 Å². The van der Waals surface area contributed by atoms with Crippen molar-refractivity contribution in [3.63, 3.8) is 0 Å². The van der Waals surface area contributed by atoms with Gasteiger partial charge in [0.05, 0.1) is 19.9 Å². The Labute approximate surface area is 128 Å². The second-order valence-electron chi connectivity index (χ2n) is 4.62. The van der Waals surface area contributed by atoms with Crippen LogP contribution in [0, 0.1) is 6.92 Å². The molecule has 6 nitrogen and oxygen atoms in total. The summed E-state index contributed by atoms with van der Waals surface area (Å²) in [6.45, 7) is 3.56. The zero-order chi connectivity index (χ0) is 16.1. The summed E-state index contributed by atoms with van der Waals surface area (Å²) in [7, 11) is 3.14. The first-order chi connectivity index (χ1) is 10.5. The van der Waals surface area contributed by atoms with Crippen molar-refractivity contribution < 1.29 is 18.7 Å². The fourth-order valence-electron chi connectivity index (χ4n) is 1.87. The number of hydrazone groups is 1. The number of methoxy groups -OCH3 is 2. The molecular formula is C16H18N2O4. The standard InChI is InChI=1S/C16H18N2O4/c1-10-5-7-14(22-10)16(19)18-17-11(2)12-6-8-13(20-3)15(9-12)21-4/h5-9H,1-4H3,(H,18,19)/b17-11+. The van der Waals surface area contributed by atoms with Gasteiger partial charge in [0.2, 0.25) is 0 Å². The van der Waals surface area contributed by atoms with Crippen LogP contribution in [0.3, 0.4) is 0 Å². The van der Waals surface area contributed by atoms with Gasteiger partial charge in [-0.1, -0.05) is 0 Å². The summed E-state index contributed by atoms with van der Waals surface area (Å²) in [5.41, 5.74) is 3.91. The Hall–Kier alpha value is -2.76. The number of carbonyl (C=O) groups excluding carboxylic acids is 1. The third kappa shape index (κ3) is 3.46. The summed E-state index contributed by atoms with van der Waals surface area (Å²) in [6.07, 6.45) is 0. The van der Waals surface area contributed by atoms with Gasteiger partial charge in [0, 0.05) is 5.56 Å². The van der Waals surface area contributed by atoms with Gasteiger partial charge >= 0.3 is 5.91 Å². The monoisotopic (exact) mass is 302 g/mol. The van der Waals surface area contributed by atoms with Crippen LogP contribution < -0.4 is 14.9 Å². The van der Waals surface area contributed by atoms with Gasteiger partial charge in [0.15, 0.2) is 17.3 Å². The molecule has 0 saturated carbocycles. The van der Waals surface area contributed by atoms with Crippen molar-refractivity contribution in [1.29, 1.82) is 0 Å². The van der Waals surface area contributed by atoms with E-state index in [-0.39, 0.29) is 5.76 Å². The Morgan fingerprint density at radius 2 is 1.86 bits per heavy atom. The van der Waals surface area contributed by atoms with E-state index in [1.807, 2.05) is 6.07 Å². The van der Waals surface area contributed by atoms with Crippen molar-refractivity contribution in [3.05, 3.63) is 47.4 Å². The maximum atomic E-state index is 11.9. The normalized spacial score (nSPS) is 11.2. The van der Waals surface area contributed by atoms with E-state index in [1.165, 1.54) is 0 Å². The third-order valence-corrected chi connectivity index (χ3v) is 3.09. The number of nitrogens with one attached hydrogen (secondary N) is 1. The molecule has 1 amide bonds. The number of carbonyl (C=O) groups is 1. The van der Waals surface area contributed by atoms with E-state index >= 15 is 0 Å². The summed E-state index contributed by atoms with van der Waals surface area (Å²) < 4.78 is 15.7. The third-order valence-electron chi connectivity index (χ3n) is 3.09. The van der Waals surface area contributed by atoms with Crippen molar-refractivity contribution in [2.75, 3.05) is 14.2 Å². The van der Waals surface area contributed by atoms with Gasteiger partial charge in [0.1, 0.15) is 5.76 Å². The number of rotatable bonds is 5. The molecule has 1 aromatic heterocycles. The molecule has 1 N–H and O–H groups in total. The quantitative estimate of drug-likeness (QED) is 0.681. The second-order valence-corrected chi connectivity index (χ2v) is 4.62. The average Bonchev–Trinajstić information content (AvgIpc) is 2.98. The summed E-state index contributed by atoms with van der Waals surface area (Å²) >= 11 is 0. The van der Waals surface area contributed by atoms with Crippen LogP contribution in [0.15, 0.2) is 39.9 Å². The first kappa shape index (κ1) is 15.6. The highest BCUT2D eigenvalue weighted by Gasteiger charge is 2.10. The van der Waals surface area contributed by atoms with Crippen molar-refractivity contribution >= 4 is 11.6 Å². The molecule has 0 aliphatic rings. The Bertz CT molecular complexity index is 704. The van der Waals surface area contributed by atoms with E-state index in [2.05, 4.69) is 10.5 Å². The highest BCUT2D eigenvalue weighted by Crippen LogP contribution is 2.27. The number of nitrogens with zero attached hydrogens (tertiary/aromatic N) is 1. The Balaban J connectivity index is 2.13. The molecule has 6 heteroatoms. The molecule has 116 valence electrons. The van der Waals surface area contributed by atoms with E-state index < -0.39 is 5.91 Å². The predicted molar refractivity (Wildman–Crippen MR) is 82.7 cm³/mol. The fourth-order valence-corrected chi connectivity index (χ4v) is 1.87. The number of hydrogen-bond donors (Lipinski definition) is 1. The van der Waals surface area contributed by atoms with Crippen LogP contribution in [0.4, 0.5) is 0 Å². The lowest BCUT2D eigenvalue weighted by Crippen LogP contribution is -2.18. The summed E-state index contributed by atoms with van der Waals surface area (Å²) in [5, 5.41) is 4.07. The molecule has 2 aromatic rings. The molecule has 0 fully saturated rings. The van der Waals surface area contributed by atoms with E-state index in [0.717, 1.165) is 5.56 Å². The van der Waals surface area contributed by atoms with Crippen LogP contribution in [-0.4, -0.2) is 25.8 Å². The molecule has 0 aliphatic carbocycles. The first-order valence-electron chi connectivity index (χ1n) is 6.68. The van der Waals surface area contributed by atoms with Crippen molar-refractivity contribution in [2.24, 2.45) is 5.10 Å². The SMILES string of the molecule is COc1ccc(/C(C)=N/NC(=O)c2ccc(C)o2)cc1OC. The molecule has 22 heavy (non-hydrogen) atoms. The Kier molecular flexibility index (Phi) is 4.83. The minimum Gasteiger partial charge on any atom is -0.493 e. The van der Waals surface area contributed by atoms with E-state index in [1.54, 1.807) is 52.3 Å². The Morgan fingerprint density at radius 3 is 2.45 bits per heavy atom. The lowest BCUT2D eigenvalue weighted by atomic mass is 10.1. The first-order valence-corrected chi connectivity index (χ1v) is 6.68. The number of hydrogen-bond acceptors (Lipinski definition) is 5. The number of furan rings is 1. The van der Waals surface area contributed by atoms with Crippen LogP contribution in [0.5, 0.6) is 11.5 Å². The van der Waals surface area contributed by atoms with Gasteiger partial charge in [-0.05, 0) is 44.2 Å². The van der Waals surface area contributed by atoms with Crippen molar-refractivity contribution in [1.82, 2.24) is 5.43 Å². The fraction of sp³-hybridized carbons (Fsp3) is 0.250. The van der Waals surface area contributed by atoms with Crippen LogP contribution in [0.25, 0.3) is 0 Å². The summed E-state index contributed by atoms with van der Waals surface area (Å²) in [6, 6.07) is 8.74. The maximum Gasteiger partial charge on any atom is 0.307 e. The molecule has 0 unspecified atom stereocenters. The van der Waals surface area contributed by atoms with Crippen LogP contribution in [0.1, 0.15) is 28.8 Å². The van der Waals surface area contributed by atoms with Crippen LogP contribution in [-0.2, 0) is 0 Å². The number of amides is 1. The highest BCUT2D eigenvalue weighted by atomic mass is 16.5. The summed E-state index contributed by atoms with van der Waals surface area (Å²) in [4.78, 5) is 11.9. The largest absolute Gasteiger partial charge is 0.493 e. The molecule has 1 heterocycles. The van der Waals surface area contributed by atoms with E-state index in [0.29, 0.717) is 23.0 Å². The number of ether oxygens (including phenoxy) is 2. The minimum atomic E-state index is -0.395. The van der Waals surface area contributed by atoms with E-state index in [4.69, 9.17) is 13.9 Å². The Morgan fingerprint density at radius 1 is 1.14 bits per heavy atom. The van der Waals surface area contributed by atoms with Gasteiger partial charge in [-0.25, -0.2) is 5.43 Å². The van der Waals surface area contributed by atoms with Gasteiger partial charge in [-0.3, -0.25) is 4.79 Å². The van der Waals surface area contributed by atoms with Crippen LogP contribution in [0.2, 0.25) is 0 Å². The molecule has 0 atom stereocenters. The lowest BCUT2D eigenvalue weighted by molar-refractivity contribution is 0.0926. The molecule has 0 aliphatic heterocycles. The van der Waals surface area contributed by atoms with Gasteiger partial charge < -0.3 is 13.9 Å². The molecule has 0 bridgehead atoms. The zero-order valence-electron chi connectivity index (χ0n) is 13.0. The molecule has 2 rings (SSSR count). The van der Waals surface area contributed by atoms with Crippen LogP contribution >= 0.6 is 0 Å². The molecule has 0 spiro atoms. The number of aryl methyl sites for hydroxylation is 1. The lowest BCUT2D eigenvalue weighted by Gasteiger charge is -2.09. The maximum absolute atomic E-state index is 11.9. The second kappa shape index (κ2) is 6.80. The molecule has 1 aromatic carbocycles. The van der Waals surface area contributed by atoms with Crippen molar-refractivity contribution in [2.45, 2.75) is 13.8 Å². The smallest absolute Gasteiger partial charge is 0.307 e. The molecule has 0 radical (unpaired) electrons. The summed E-state index contributed by atoms with van der Waals surface area (Å²) in [5.74, 6) is 1.73. The topological polar surface area (TPSA) is 73.1 Å².